The second-order valence-electron chi connectivity index (χ2n) is 8.70. The minimum absolute atomic E-state index is 0.222. The summed E-state index contributed by atoms with van der Waals surface area (Å²) in [6, 6.07) is 6.98. The van der Waals surface area contributed by atoms with Gasteiger partial charge in [-0.3, -0.25) is 4.79 Å². The maximum Gasteiger partial charge on any atom is 0.335 e. The van der Waals surface area contributed by atoms with Gasteiger partial charge >= 0.3 is 5.97 Å². The molecule has 2 aliphatic heterocycles. The lowest BCUT2D eigenvalue weighted by atomic mass is 9.76. The lowest BCUT2D eigenvalue weighted by Gasteiger charge is -2.25. The van der Waals surface area contributed by atoms with Gasteiger partial charge in [0.25, 0.3) is 0 Å². The van der Waals surface area contributed by atoms with E-state index in [-0.39, 0.29) is 18.1 Å². The molecule has 154 valence electrons. The Morgan fingerprint density at radius 2 is 1.86 bits per heavy atom. The van der Waals surface area contributed by atoms with Gasteiger partial charge in [0.1, 0.15) is 0 Å². The van der Waals surface area contributed by atoms with Crippen LogP contribution in [0.2, 0.25) is 0 Å². The number of fused-ring (bicyclic) bond motifs is 2. The van der Waals surface area contributed by atoms with Crippen molar-refractivity contribution in [2.24, 2.45) is 17.8 Å². The van der Waals surface area contributed by atoms with E-state index in [1.54, 1.807) is 18.2 Å². The molecular weight excluding hydrogens is 364 g/mol. The lowest BCUT2D eigenvalue weighted by Crippen LogP contribution is -2.25. The molecule has 3 aliphatic rings. The van der Waals surface area contributed by atoms with Crippen LogP contribution in [0.4, 0.5) is 0 Å². The van der Waals surface area contributed by atoms with Crippen molar-refractivity contribution >= 4 is 17.8 Å². The molecule has 4 nitrogen and oxygen atoms in total. The van der Waals surface area contributed by atoms with Gasteiger partial charge < -0.3 is 9.84 Å². The highest BCUT2D eigenvalue weighted by Gasteiger charge is 2.46. The van der Waals surface area contributed by atoms with E-state index < -0.39 is 5.97 Å². The van der Waals surface area contributed by atoms with Gasteiger partial charge in [-0.15, -0.1) is 0 Å². The molecule has 1 aromatic rings. The molecule has 0 aromatic heterocycles. The summed E-state index contributed by atoms with van der Waals surface area (Å²) in [6.45, 7) is 0. The van der Waals surface area contributed by atoms with Gasteiger partial charge in [0.2, 0.25) is 0 Å². The van der Waals surface area contributed by atoms with Crippen LogP contribution in [0.5, 0.6) is 0 Å². The summed E-state index contributed by atoms with van der Waals surface area (Å²) in [7, 11) is 0. The monoisotopic (exact) mass is 394 g/mol. The fourth-order valence-corrected chi connectivity index (χ4v) is 5.25. The van der Waals surface area contributed by atoms with Crippen LogP contribution in [-0.2, 0) is 9.53 Å². The Kier molecular flexibility index (Phi) is 6.29. The van der Waals surface area contributed by atoms with Gasteiger partial charge in [-0.05, 0) is 61.8 Å². The lowest BCUT2D eigenvalue weighted by molar-refractivity contribution is -0.119. The van der Waals surface area contributed by atoms with Gasteiger partial charge in [-0.2, -0.15) is 0 Å². The first kappa shape index (κ1) is 20.1. The highest BCUT2D eigenvalue weighted by atomic mass is 16.5. The number of hydrogen-bond acceptors (Lipinski definition) is 3. The highest BCUT2D eigenvalue weighted by molar-refractivity contribution is 5.91. The quantitative estimate of drug-likeness (QED) is 0.639. The molecule has 4 atom stereocenters. The fraction of sp³-hybridized carbons (Fsp3) is 0.520. The highest BCUT2D eigenvalue weighted by Crippen LogP contribution is 2.46. The summed E-state index contributed by atoms with van der Waals surface area (Å²) >= 11 is 0. The van der Waals surface area contributed by atoms with Crippen LogP contribution in [0, 0.1) is 17.8 Å². The summed E-state index contributed by atoms with van der Waals surface area (Å²) in [5, 5.41) is 9.14. The van der Waals surface area contributed by atoms with Gasteiger partial charge in [0.15, 0.2) is 5.78 Å². The molecule has 29 heavy (non-hydrogen) atoms. The molecule has 3 fully saturated rings. The Balaban J connectivity index is 1.39. The van der Waals surface area contributed by atoms with E-state index >= 15 is 0 Å². The summed E-state index contributed by atoms with van der Waals surface area (Å²) < 4.78 is 6.15. The summed E-state index contributed by atoms with van der Waals surface area (Å²) in [4.78, 5) is 23.7. The van der Waals surface area contributed by atoms with Crippen LogP contribution in [-0.4, -0.2) is 29.1 Å². The zero-order chi connectivity index (χ0) is 20.2. The molecule has 1 saturated carbocycles. The Hall–Kier alpha value is -2.20. The van der Waals surface area contributed by atoms with E-state index in [4.69, 9.17) is 9.84 Å². The fourth-order valence-electron chi connectivity index (χ4n) is 5.25. The maximum absolute atomic E-state index is 12.6. The molecule has 2 heterocycles. The zero-order valence-corrected chi connectivity index (χ0v) is 16.8. The molecule has 0 amide bonds. The van der Waals surface area contributed by atoms with Crippen molar-refractivity contribution in [2.45, 2.75) is 63.6 Å². The smallest absolute Gasteiger partial charge is 0.335 e. The molecule has 4 rings (SSSR count). The third-order valence-corrected chi connectivity index (χ3v) is 6.83. The van der Waals surface area contributed by atoms with Crippen LogP contribution >= 0.6 is 0 Å². The Morgan fingerprint density at radius 1 is 1.07 bits per heavy atom. The Labute approximate surface area is 172 Å². The van der Waals surface area contributed by atoms with Crippen molar-refractivity contribution in [3.8, 4) is 0 Å². The van der Waals surface area contributed by atoms with Crippen LogP contribution in [0.15, 0.2) is 42.5 Å². The second-order valence-corrected chi connectivity index (χ2v) is 8.70. The maximum atomic E-state index is 12.6. The largest absolute Gasteiger partial charge is 0.478 e. The predicted molar refractivity (Wildman–Crippen MR) is 113 cm³/mol. The molecule has 0 radical (unpaired) electrons. The van der Waals surface area contributed by atoms with Crippen molar-refractivity contribution in [3.63, 3.8) is 0 Å². The van der Waals surface area contributed by atoms with E-state index in [1.807, 2.05) is 18.2 Å². The molecular formula is C25H30O4. The molecule has 1 aliphatic carbocycles. The van der Waals surface area contributed by atoms with E-state index in [0.29, 0.717) is 23.2 Å². The number of carboxylic acid groups (broad SMARTS) is 1. The number of ketones is 1. The van der Waals surface area contributed by atoms with Gasteiger partial charge in [-0.25, -0.2) is 4.79 Å². The van der Waals surface area contributed by atoms with Crippen molar-refractivity contribution in [1.29, 1.82) is 0 Å². The number of ether oxygens (including phenoxy) is 1. The van der Waals surface area contributed by atoms with Crippen molar-refractivity contribution < 1.29 is 19.4 Å². The number of benzene rings is 1. The summed E-state index contributed by atoms with van der Waals surface area (Å²) in [5.74, 6) is 0.306. The average Bonchev–Trinajstić information content (AvgIpc) is 3.35. The van der Waals surface area contributed by atoms with Crippen molar-refractivity contribution in [2.75, 3.05) is 0 Å². The van der Waals surface area contributed by atoms with E-state index in [9.17, 15) is 9.59 Å². The first-order valence-corrected chi connectivity index (χ1v) is 11.0. The SMILES string of the molecule is O=C(O)c1cccc(/C=C/C[C@@H]2[C@H](C=CC(=O)C3CCCCC3)[C@@H]3CC[C@H]2O3)c1. The van der Waals surface area contributed by atoms with Gasteiger partial charge in [-0.1, -0.05) is 49.6 Å². The van der Waals surface area contributed by atoms with E-state index in [0.717, 1.165) is 37.7 Å². The van der Waals surface area contributed by atoms with E-state index in [1.165, 1.54) is 19.3 Å². The van der Waals surface area contributed by atoms with Crippen LogP contribution in [0.25, 0.3) is 6.08 Å². The first-order chi connectivity index (χ1) is 14.1. The minimum atomic E-state index is -0.908. The number of aromatic carboxylic acids is 1. The first-order valence-electron chi connectivity index (χ1n) is 11.0. The molecule has 4 heteroatoms. The van der Waals surface area contributed by atoms with Crippen LogP contribution in [0.1, 0.15) is 67.3 Å². The number of carboxylic acids is 1. The van der Waals surface area contributed by atoms with Crippen LogP contribution in [0.3, 0.4) is 0 Å². The zero-order valence-electron chi connectivity index (χ0n) is 16.8. The summed E-state index contributed by atoms with van der Waals surface area (Å²) in [5.41, 5.74) is 1.20. The number of hydrogen-bond donors (Lipinski definition) is 1. The van der Waals surface area contributed by atoms with Crippen molar-refractivity contribution in [1.82, 2.24) is 0 Å². The van der Waals surface area contributed by atoms with Gasteiger partial charge in [0, 0.05) is 11.8 Å². The molecule has 0 spiro atoms. The van der Waals surface area contributed by atoms with E-state index in [2.05, 4.69) is 12.2 Å². The third-order valence-electron chi connectivity index (χ3n) is 6.83. The Morgan fingerprint density at radius 3 is 2.66 bits per heavy atom. The van der Waals surface area contributed by atoms with Crippen LogP contribution < -0.4 is 0 Å². The normalized spacial score (nSPS) is 29.8. The molecule has 2 saturated heterocycles. The number of carbonyl (C=O) groups is 2. The number of carbonyl (C=O) groups excluding carboxylic acids is 1. The predicted octanol–water partition coefficient (Wildman–Crippen LogP) is 5.29. The third kappa shape index (κ3) is 4.69. The Bertz CT molecular complexity index is 803. The van der Waals surface area contributed by atoms with Crippen molar-refractivity contribution in [3.05, 3.63) is 53.6 Å². The molecule has 1 N–H and O–H groups in total. The summed E-state index contributed by atoms with van der Waals surface area (Å²) in [6.07, 6.45) is 17.4. The molecule has 2 bridgehead atoms. The molecule has 1 aromatic carbocycles. The molecule has 0 unspecified atom stereocenters. The van der Waals surface area contributed by atoms with Gasteiger partial charge in [0.05, 0.1) is 17.8 Å². The number of rotatable bonds is 7. The average molecular weight is 395 g/mol. The minimum Gasteiger partial charge on any atom is -0.478 e. The number of allylic oxidation sites excluding steroid dienone is 2. The standard InChI is InChI=1S/C25H30O4/c26-22(18-8-2-1-3-9-18)13-12-21-20(23-14-15-24(21)29-23)11-5-7-17-6-4-10-19(16-17)25(27)28/h4-7,10,12-13,16,18,20-21,23-24H,1-3,8-9,11,14-15H2,(H,27,28)/b7-5+,13-12?/t20-,21+,23-,24+/m1/s1. The topological polar surface area (TPSA) is 63.6 Å². The second kappa shape index (κ2) is 9.08.